The average Bonchev–Trinajstić information content (AvgIpc) is 2.99. The van der Waals surface area contributed by atoms with E-state index in [4.69, 9.17) is 0 Å². The van der Waals surface area contributed by atoms with E-state index in [1.807, 2.05) is 11.6 Å². The monoisotopic (exact) mass is 324 g/mol. The van der Waals surface area contributed by atoms with E-state index in [2.05, 4.69) is 26.7 Å². The maximum Gasteiger partial charge on any atom is 0.185 e. The van der Waals surface area contributed by atoms with Gasteiger partial charge in [-0.05, 0) is 44.8 Å². The minimum absolute atomic E-state index is 0.293. The molecule has 2 fully saturated rings. The van der Waals surface area contributed by atoms with Gasteiger partial charge in [-0.15, -0.1) is 11.3 Å². The van der Waals surface area contributed by atoms with Crippen molar-refractivity contribution in [2.45, 2.75) is 12.8 Å². The molecule has 0 aliphatic carbocycles. The Morgan fingerprint density at radius 1 is 1.23 bits per heavy atom. The quantitative estimate of drug-likeness (QED) is 0.902. The summed E-state index contributed by atoms with van der Waals surface area (Å²) in [4.78, 5) is 11.9. The van der Waals surface area contributed by atoms with Gasteiger partial charge < -0.3 is 19.8 Å². The number of thiazole rings is 1. The Bertz CT molecular complexity index is 441. The molecule has 22 heavy (non-hydrogen) atoms. The van der Waals surface area contributed by atoms with Crippen molar-refractivity contribution < 1.29 is 5.11 Å². The highest BCUT2D eigenvalue weighted by molar-refractivity contribution is 7.13. The summed E-state index contributed by atoms with van der Waals surface area (Å²) in [5.74, 6) is 1.02. The summed E-state index contributed by atoms with van der Waals surface area (Å²) in [6.45, 7) is 8.25. The lowest BCUT2D eigenvalue weighted by atomic mass is 9.89. The summed E-state index contributed by atoms with van der Waals surface area (Å²) in [7, 11) is 2.22. The molecule has 2 atom stereocenters. The first-order chi connectivity index (χ1) is 10.7. The van der Waals surface area contributed by atoms with Crippen LogP contribution in [0.15, 0.2) is 11.6 Å². The summed E-state index contributed by atoms with van der Waals surface area (Å²) in [6, 6.07) is 0. The lowest BCUT2D eigenvalue weighted by Gasteiger charge is -2.39. The molecule has 0 unspecified atom stereocenters. The molecule has 1 aromatic rings. The van der Waals surface area contributed by atoms with Crippen LogP contribution < -0.4 is 4.90 Å². The third kappa shape index (κ3) is 4.19. The van der Waals surface area contributed by atoms with Gasteiger partial charge in [-0.25, -0.2) is 4.98 Å². The molecular weight excluding hydrogens is 296 g/mol. The van der Waals surface area contributed by atoms with Crippen molar-refractivity contribution in [1.82, 2.24) is 14.8 Å². The second kappa shape index (κ2) is 7.73. The number of rotatable bonds is 4. The highest BCUT2D eigenvalue weighted by Crippen LogP contribution is 2.28. The third-order valence-electron chi connectivity index (χ3n) is 4.90. The van der Waals surface area contributed by atoms with E-state index in [1.54, 1.807) is 11.3 Å². The number of anilines is 1. The minimum atomic E-state index is 0.293. The van der Waals surface area contributed by atoms with Crippen molar-refractivity contribution in [3.8, 4) is 0 Å². The fourth-order valence-electron chi connectivity index (χ4n) is 3.76. The Balaban J connectivity index is 1.59. The fraction of sp³-hybridized carbons (Fsp3) is 0.812. The largest absolute Gasteiger partial charge is 0.396 e. The number of aliphatic hydroxyl groups is 1. The molecule has 0 saturated carbocycles. The Labute approximate surface area is 137 Å². The summed E-state index contributed by atoms with van der Waals surface area (Å²) < 4.78 is 0. The van der Waals surface area contributed by atoms with Crippen LogP contribution in [0.25, 0.3) is 0 Å². The van der Waals surface area contributed by atoms with E-state index in [-0.39, 0.29) is 0 Å². The molecule has 2 saturated heterocycles. The van der Waals surface area contributed by atoms with Gasteiger partial charge in [0.05, 0.1) is 0 Å². The normalized spacial score (nSPS) is 28.7. The zero-order chi connectivity index (χ0) is 15.4. The van der Waals surface area contributed by atoms with Crippen molar-refractivity contribution in [2.24, 2.45) is 11.8 Å². The molecule has 0 spiro atoms. The standard InChI is InChI=1S/C16H28N4OS/c1-18-4-2-5-19(7-6-18)10-14-9-15(13-21)12-20(11-14)16-17-3-8-22-16/h3,8,14-15,21H,2,4-7,9-13H2,1H3/t14-,15-/m0/s1. The van der Waals surface area contributed by atoms with E-state index < -0.39 is 0 Å². The molecule has 0 amide bonds. The third-order valence-corrected chi connectivity index (χ3v) is 5.73. The van der Waals surface area contributed by atoms with Crippen molar-refractivity contribution in [3.63, 3.8) is 0 Å². The zero-order valence-corrected chi connectivity index (χ0v) is 14.3. The molecule has 5 nitrogen and oxygen atoms in total. The van der Waals surface area contributed by atoms with Gasteiger partial charge in [-0.1, -0.05) is 0 Å². The van der Waals surface area contributed by atoms with Gasteiger partial charge in [0.25, 0.3) is 0 Å². The lowest BCUT2D eigenvalue weighted by Crippen LogP contribution is -2.46. The van der Waals surface area contributed by atoms with Crippen LogP contribution in [-0.4, -0.2) is 79.4 Å². The smallest absolute Gasteiger partial charge is 0.185 e. The van der Waals surface area contributed by atoms with E-state index in [0.29, 0.717) is 18.4 Å². The van der Waals surface area contributed by atoms with E-state index in [1.165, 1.54) is 32.6 Å². The van der Waals surface area contributed by atoms with Crippen LogP contribution in [0.2, 0.25) is 0 Å². The molecule has 0 radical (unpaired) electrons. The number of aromatic nitrogens is 1. The first kappa shape index (κ1) is 16.2. The fourth-order valence-corrected chi connectivity index (χ4v) is 4.42. The van der Waals surface area contributed by atoms with Gasteiger partial charge in [0, 0.05) is 50.9 Å². The molecule has 124 valence electrons. The molecule has 1 N–H and O–H groups in total. The maximum atomic E-state index is 9.65. The van der Waals surface area contributed by atoms with Crippen LogP contribution >= 0.6 is 11.3 Å². The Morgan fingerprint density at radius 3 is 2.86 bits per heavy atom. The van der Waals surface area contributed by atoms with Gasteiger partial charge in [0.15, 0.2) is 5.13 Å². The molecular formula is C16H28N4OS. The number of aliphatic hydroxyl groups excluding tert-OH is 1. The van der Waals surface area contributed by atoms with Crippen LogP contribution in [0.4, 0.5) is 5.13 Å². The van der Waals surface area contributed by atoms with Crippen LogP contribution in [-0.2, 0) is 0 Å². The molecule has 0 bridgehead atoms. The van der Waals surface area contributed by atoms with E-state index in [9.17, 15) is 5.11 Å². The number of piperidine rings is 1. The van der Waals surface area contributed by atoms with Crippen molar-refractivity contribution in [3.05, 3.63) is 11.6 Å². The van der Waals surface area contributed by atoms with Crippen LogP contribution in [0.3, 0.4) is 0 Å². The van der Waals surface area contributed by atoms with E-state index >= 15 is 0 Å². The highest BCUT2D eigenvalue weighted by atomic mass is 32.1. The second-order valence-electron chi connectivity index (χ2n) is 6.83. The number of hydrogen-bond donors (Lipinski definition) is 1. The lowest BCUT2D eigenvalue weighted by molar-refractivity contribution is 0.155. The summed E-state index contributed by atoms with van der Waals surface area (Å²) in [5, 5.41) is 12.8. The van der Waals surface area contributed by atoms with Crippen LogP contribution in [0.1, 0.15) is 12.8 Å². The molecule has 6 heteroatoms. The molecule has 3 rings (SSSR count). The maximum absolute atomic E-state index is 9.65. The van der Waals surface area contributed by atoms with Crippen molar-refractivity contribution in [1.29, 1.82) is 0 Å². The summed E-state index contributed by atoms with van der Waals surface area (Å²) in [5.41, 5.74) is 0. The topological polar surface area (TPSA) is 42.8 Å². The zero-order valence-electron chi connectivity index (χ0n) is 13.5. The molecule has 0 aromatic carbocycles. The Hall–Kier alpha value is -0.690. The number of nitrogens with zero attached hydrogens (tertiary/aromatic N) is 4. The molecule has 2 aliphatic heterocycles. The second-order valence-corrected chi connectivity index (χ2v) is 7.70. The Morgan fingerprint density at radius 2 is 2.09 bits per heavy atom. The average molecular weight is 324 g/mol. The molecule has 1 aromatic heterocycles. The van der Waals surface area contributed by atoms with Gasteiger partial charge in [0.1, 0.15) is 0 Å². The van der Waals surface area contributed by atoms with Gasteiger partial charge in [-0.3, -0.25) is 0 Å². The van der Waals surface area contributed by atoms with Gasteiger partial charge >= 0.3 is 0 Å². The van der Waals surface area contributed by atoms with Gasteiger partial charge in [-0.2, -0.15) is 0 Å². The van der Waals surface area contributed by atoms with Crippen LogP contribution in [0, 0.1) is 11.8 Å². The highest BCUT2D eigenvalue weighted by Gasteiger charge is 2.29. The minimum Gasteiger partial charge on any atom is -0.396 e. The first-order valence-corrected chi connectivity index (χ1v) is 9.28. The van der Waals surface area contributed by atoms with Crippen LogP contribution in [0.5, 0.6) is 0 Å². The SMILES string of the molecule is CN1CCCN(C[C@@H]2C[C@H](CO)CN(c3nccs3)C2)CC1. The predicted molar refractivity (Wildman–Crippen MR) is 91.6 cm³/mol. The van der Waals surface area contributed by atoms with E-state index in [0.717, 1.165) is 31.2 Å². The first-order valence-electron chi connectivity index (χ1n) is 8.41. The van der Waals surface area contributed by atoms with Gasteiger partial charge in [0.2, 0.25) is 0 Å². The van der Waals surface area contributed by atoms with Crippen molar-refractivity contribution in [2.75, 3.05) is 64.4 Å². The number of hydrogen-bond acceptors (Lipinski definition) is 6. The number of likely N-dealkylation sites (N-methyl/N-ethyl adjacent to an activating group) is 1. The Kier molecular flexibility index (Phi) is 5.68. The summed E-state index contributed by atoms with van der Waals surface area (Å²) in [6.07, 6.45) is 4.29. The van der Waals surface area contributed by atoms with Crippen molar-refractivity contribution >= 4 is 16.5 Å². The summed E-state index contributed by atoms with van der Waals surface area (Å²) >= 11 is 1.71. The molecule has 3 heterocycles. The predicted octanol–water partition coefficient (Wildman–Crippen LogP) is 1.22. The molecule has 2 aliphatic rings.